The van der Waals surface area contributed by atoms with Crippen LogP contribution in [-0.4, -0.2) is 196 Å². The van der Waals surface area contributed by atoms with Crippen molar-refractivity contribution in [2.24, 2.45) is 20.0 Å². The fraction of sp³-hybridized carbons (Fsp3) is 0.398. The van der Waals surface area contributed by atoms with Crippen LogP contribution in [0.1, 0.15) is 160 Å². The summed E-state index contributed by atoms with van der Waals surface area (Å²) in [5, 5.41) is 8.63. The number of ether oxygens (including phenoxy) is 4. The van der Waals surface area contributed by atoms with Gasteiger partial charge in [0.05, 0.1) is 103 Å². The van der Waals surface area contributed by atoms with Gasteiger partial charge in [-0.3, -0.25) is 24.7 Å². The number of pyridine rings is 4. The van der Waals surface area contributed by atoms with E-state index < -0.39 is 19.9 Å². The van der Waals surface area contributed by atoms with E-state index in [0.717, 1.165) is 172 Å². The fourth-order valence-corrected chi connectivity index (χ4v) is 17.8. The molecule has 0 atom stereocenters. The van der Waals surface area contributed by atoms with Crippen LogP contribution in [0.4, 0.5) is 23.3 Å². The third kappa shape index (κ3) is 19.3. The smallest absolute Gasteiger partial charge is 0.211 e. The molecule has 116 heavy (non-hydrogen) atoms. The van der Waals surface area contributed by atoms with Gasteiger partial charge in [-0.25, -0.2) is 50.7 Å². The average molecular weight is 1600 g/mol. The molecule has 4 aromatic carbocycles. The van der Waals surface area contributed by atoms with Crippen molar-refractivity contribution in [2.75, 3.05) is 103 Å². The lowest BCUT2D eigenvalue weighted by Gasteiger charge is -2.40. The molecule has 8 aliphatic heterocycles. The molecule has 4 saturated heterocycles. The molecule has 0 radical (unpaired) electrons. The normalized spacial score (nSPS) is 17.2. The first kappa shape index (κ1) is 80.0. The molecule has 0 unspecified atom stereocenters. The Kier molecular flexibility index (Phi) is 24.5. The second kappa shape index (κ2) is 35.5. The van der Waals surface area contributed by atoms with Crippen LogP contribution in [0.5, 0.6) is 23.0 Å². The van der Waals surface area contributed by atoms with Crippen molar-refractivity contribution in [3.8, 4) is 23.0 Å². The Morgan fingerprint density at radius 1 is 0.405 bits per heavy atom. The van der Waals surface area contributed by atoms with Crippen LogP contribution in [0.25, 0.3) is 0 Å². The maximum absolute atomic E-state index is 11.9. The van der Waals surface area contributed by atoms with Crippen molar-refractivity contribution >= 4 is 66.0 Å². The van der Waals surface area contributed by atoms with Gasteiger partial charge < -0.3 is 38.5 Å². The number of fused-ring (bicyclic) bond motifs is 4. The molecule has 14 heterocycles. The summed E-state index contributed by atoms with van der Waals surface area (Å²) in [6.07, 6.45) is 19.9. The summed E-state index contributed by atoms with van der Waals surface area (Å²) in [6, 6.07) is 44.0. The molecular weight excluding hydrogens is 1500 g/mol. The lowest BCUT2D eigenvalue weighted by molar-refractivity contribution is 0.242. The topological polar surface area (TPSA) is 271 Å². The number of rotatable bonds is 19. The third-order valence-electron chi connectivity index (χ3n) is 21.4. The summed E-state index contributed by atoms with van der Waals surface area (Å²) in [6.45, 7) is 26.4. The highest BCUT2D eigenvalue weighted by molar-refractivity contribution is 7.91. The predicted molar refractivity (Wildman–Crippen MR) is 456 cm³/mol. The Morgan fingerprint density at radius 2 is 0.802 bits per heavy atom. The second-order valence-electron chi connectivity index (χ2n) is 31.3. The number of sulfonamides is 1. The van der Waals surface area contributed by atoms with Gasteiger partial charge in [-0.15, -0.1) is 0 Å². The molecule has 28 heteroatoms. The van der Waals surface area contributed by atoms with Gasteiger partial charge in [0.15, 0.2) is 9.84 Å². The van der Waals surface area contributed by atoms with Crippen molar-refractivity contribution in [3.05, 3.63) is 244 Å². The van der Waals surface area contributed by atoms with Crippen molar-refractivity contribution in [2.45, 2.75) is 144 Å². The molecule has 0 spiro atoms. The first-order valence-electron chi connectivity index (χ1n) is 40.3. The summed E-state index contributed by atoms with van der Waals surface area (Å²) in [7, 11) is -6.11. The van der Waals surface area contributed by atoms with Crippen LogP contribution < -0.4 is 38.5 Å². The number of hydrogen-bond donors (Lipinski definition) is 0. The van der Waals surface area contributed by atoms with Crippen LogP contribution in [-0.2, 0) is 46.0 Å². The van der Waals surface area contributed by atoms with Gasteiger partial charge in [-0.05, 0) is 206 Å². The molecule has 8 aliphatic rings. The third-order valence-corrected chi connectivity index (χ3v) is 24.4. The van der Waals surface area contributed by atoms with E-state index in [2.05, 4.69) is 128 Å². The minimum Gasteiger partial charge on any atom is -0.491 e. The summed E-state index contributed by atoms with van der Waals surface area (Å²) in [5.41, 5.74) is 17.6. The maximum Gasteiger partial charge on any atom is 0.211 e. The highest BCUT2D eigenvalue weighted by Crippen LogP contribution is 2.36. The van der Waals surface area contributed by atoms with E-state index >= 15 is 0 Å². The van der Waals surface area contributed by atoms with Crippen LogP contribution >= 0.6 is 0 Å². The van der Waals surface area contributed by atoms with E-state index in [9.17, 15) is 16.8 Å². The van der Waals surface area contributed by atoms with Crippen molar-refractivity contribution in [1.82, 2.24) is 48.8 Å². The van der Waals surface area contributed by atoms with Crippen LogP contribution in [0.15, 0.2) is 197 Å². The van der Waals surface area contributed by atoms with Crippen molar-refractivity contribution in [1.29, 1.82) is 0 Å². The number of sulfone groups is 1. The quantitative estimate of drug-likeness (QED) is 0.0727. The lowest BCUT2D eigenvalue weighted by Crippen LogP contribution is -2.48. The van der Waals surface area contributed by atoms with E-state index in [-0.39, 0.29) is 35.9 Å². The zero-order chi connectivity index (χ0) is 80.6. The van der Waals surface area contributed by atoms with Gasteiger partial charge in [0.25, 0.3) is 0 Å². The molecule has 0 N–H and O–H groups in total. The van der Waals surface area contributed by atoms with Crippen LogP contribution in [0, 0.1) is 0 Å². The number of nitrogens with zero attached hydrogens (tertiary/aromatic N) is 18. The van der Waals surface area contributed by atoms with Gasteiger partial charge in [-0.1, -0.05) is 24.3 Å². The van der Waals surface area contributed by atoms with Gasteiger partial charge >= 0.3 is 0 Å². The monoisotopic (exact) mass is 1600 g/mol. The molecule has 604 valence electrons. The molecule has 4 fully saturated rings. The molecule has 0 bridgehead atoms. The number of aliphatic imine (C=N–C) groups is 4. The summed E-state index contributed by atoms with van der Waals surface area (Å²) >= 11 is 0. The molecule has 0 saturated carbocycles. The molecular formula is C88H102N18O8S2. The zero-order valence-electron chi connectivity index (χ0n) is 67.5. The minimum atomic E-state index is -3.17. The van der Waals surface area contributed by atoms with E-state index in [1.165, 1.54) is 28.5 Å². The van der Waals surface area contributed by atoms with Crippen molar-refractivity contribution < 1.29 is 35.8 Å². The minimum absolute atomic E-state index is 0.117. The number of hydrogen-bond acceptors (Lipinski definition) is 23. The molecule has 26 nitrogen and oxygen atoms in total. The van der Waals surface area contributed by atoms with Gasteiger partial charge in [0.1, 0.15) is 58.9 Å². The first-order valence-corrected chi connectivity index (χ1v) is 44.0. The zero-order valence-corrected chi connectivity index (χ0v) is 69.1. The Balaban J connectivity index is 0.000000121. The molecule has 18 rings (SSSR count). The number of piperidine rings is 1. The maximum atomic E-state index is 11.9. The van der Waals surface area contributed by atoms with E-state index in [0.29, 0.717) is 70.9 Å². The van der Waals surface area contributed by atoms with E-state index in [4.69, 9.17) is 38.9 Å². The fourth-order valence-electron chi connectivity index (χ4n) is 15.7. The number of aromatic nitrogens is 9. The van der Waals surface area contributed by atoms with E-state index in [1.807, 2.05) is 150 Å². The van der Waals surface area contributed by atoms with Crippen LogP contribution in [0.3, 0.4) is 0 Å². The Morgan fingerprint density at radius 3 is 1.18 bits per heavy atom. The van der Waals surface area contributed by atoms with Gasteiger partial charge in [-0.2, -0.15) is 10.2 Å². The van der Waals surface area contributed by atoms with Gasteiger partial charge in [0, 0.05) is 147 Å². The standard InChI is InChI=1S/C23H26N6O.C22H23N5O.C22H28N4O3S.C21H25N3O3S/c1-16(2)30-20-4-3-18-13-26-23(21(18)12-20)17-5-8-25-22(11-17)28-9-6-19(7-10-28)29-15-24-14-27-29;1-15(2)28-19-5-4-17-12-24-22(20(17)11-19)16-6-8-23-21(10-16)26-13-18(14-26)27-9-3-7-25-27;1-16(2)29-19-6-5-18-15-24-22(20(18)14-19)17-7-8-23-21(13-17)25-9-4-10-26(12-11-25)30(3,27)28;1-15(2)27-18-5-4-17-14-23-21(19(17)13-18)16-6-7-22-20(12-16)24-8-3-10-28(25,26)11-9-24/h3-5,8,11-12,14-16,19H,6-7,9-10,13H2,1-2H3;3-11,15,18H,12-14H2,1-2H3;5-8,13-14,16H,4,9-12,15H2,1-3H3;4-7,12-13,15H,3,8-11,14H2,1-2H3. The molecule has 0 amide bonds. The van der Waals surface area contributed by atoms with E-state index in [1.54, 1.807) is 23.0 Å². The summed E-state index contributed by atoms with van der Waals surface area (Å²) in [5.74, 6) is 7.57. The average Bonchev–Trinajstić information content (AvgIpc) is 1.58. The summed E-state index contributed by atoms with van der Waals surface area (Å²) in [4.78, 5) is 50.3. The van der Waals surface area contributed by atoms with Crippen molar-refractivity contribution in [3.63, 3.8) is 0 Å². The van der Waals surface area contributed by atoms with Crippen LogP contribution in [0.2, 0.25) is 0 Å². The predicted octanol–water partition coefficient (Wildman–Crippen LogP) is 12.7. The Labute approximate surface area is 680 Å². The Hall–Kier alpha value is -11.2. The first-order chi connectivity index (χ1) is 56.1. The molecule has 6 aromatic heterocycles. The lowest BCUT2D eigenvalue weighted by atomic mass is 10.00. The largest absolute Gasteiger partial charge is 0.491 e. The number of benzene rings is 4. The second-order valence-corrected chi connectivity index (χ2v) is 35.6. The highest BCUT2D eigenvalue weighted by atomic mass is 32.2. The number of anilines is 4. The summed E-state index contributed by atoms with van der Waals surface area (Å²) < 4.78 is 76.6. The highest BCUT2D eigenvalue weighted by Gasteiger charge is 2.32. The van der Waals surface area contributed by atoms with Gasteiger partial charge in [0.2, 0.25) is 10.0 Å². The molecule has 0 aliphatic carbocycles. The Bertz CT molecular complexity index is 5500. The molecule has 10 aromatic rings. The SMILES string of the molecule is CC(C)Oc1ccc2c(c1)C(c1ccnc(N3CC(n4cccn4)C3)c1)=NC2.CC(C)Oc1ccc2c(c1)C(c1ccnc(N3CCC(n4cncn4)CC3)c1)=NC2.CC(C)Oc1ccc2c(c1)C(c1ccnc(N3CCCN(S(C)(=O)=O)CC3)c1)=NC2.CC(C)Oc1ccc2c(c1)C(c1ccnc(N3CCCS(=O)(=O)CC3)c1)=NC2.